The zero-order chi connectivity index (χ0) is 21.3. The maximum Gasteiger partial charge on any atom is 0.252 e. The smallest absolute Gasteiger partial charge is 0.252 e. The lowest BCUT2D eigenvalue weighted by molar-refractivity contribution is -0.141. The SMILES string of the molecule is O=C1N[C@]2(CCc3ccccc31)CN(Cc1ccccc1)C[C@H]2C(=O)N1CCOCC1. The van der Waals surface area contributed by atoms with E-state index in [-0.39, 0.29) is 17.7 Å². The van der Waals surface area contributed by atoms with E-state index in [0.29, 0.717) is 39.4 Å². The van der Waals surface area contributed by atoms with Crippen molar-refractivity contribution in [3.63, 3.8) is 0 Å². The van der Waals surface area contributed by atoms with E-state index in [4.69, 9.17) is 4.74 Å². The summed E-state index contributed by atoms with van der Waals surface area (Å²) >= 11 is 0. The molecule has 2 aromatic rings. The van der Waals surface area contributed by atoms with Crippen LogP contribution in [0.5, 0.6) is 0 Å². The topological polar surface area (TPSA) is 61.9 Å². The molecule has 2 aromatic carbocycles. The number of nitrogens with one attached hydrogen (secondary N) is 1. The number of ether oxygens (including phenoxy) is 1. The molecule has 2 saturated heterocycles. The fraction of sp³-hybridized carbons (Fsp3) is 0.440. The molecule has 2 amide bonds. The highest BCUT2D eigenvalue weighted by molar-refractivity contribution is 5.97. The quantitative estimate of drug-likeness (QED) is 0.828. The Bertz CT molecular complexity index is 957. The molecule has 0 bridgehead atoms. The van der Waals surface area contributed by atoms with Gasteiger partial charge in [-0.05, 0) is 30.0 Å². The summed E-state index contributed by atoms with van der Waals surface area (Å²) in [6.07, 6.45) is 1.56. The average Bonchev–Trinajstić information content (AvgIpc) is 3.08. The second-order valence-corrected chi connectivity index (χ2v) is 8.91. The van der Waals surface area contributed by atoms with Gasteiger partial charge in [-0.2, -0.15) is 0 Å². The van der Waals surface area contributed by atoms with Crippen LogP contribution in [0.4, 0.5) is 0 Å². The molecule has 162 valence electrons. The minimum Gasteiger partial charge on any atom is -0.378 e. The van der Waals surface area contributed by atoms with Crippen LogP contribution in [0.1, 0.15) is 27.9 Å². The molecule has 3 aliphatic rings. The van der Waals surface area contributed by atoms with E-state index < -0.39 is 5.54 Å². The summed E-state index contributed by atoms with van der Waals surface area (Å²) < 4.78 is 5.45. The number of carbonyl (C=O) groups excluding carboxylic acids is 2. The van der Waals surface area contributed by atoms with Gasteiger partial charge in [-0.25, -0.2) is 0 Å². The Balaban J connectivity index is 1.44. The van der Waals surface area contributed by atoms with Gasteiger partial charge >= 0.3 is 0 Å². The number of aryl methyl sites for hydroxylation is 1. The first-order valence-electron chi connectivity index (χ1n) is 11.2. The zero-order valence-electron chi connectivity index (χ0n) is 17.8. The van der Waals surface area contributed by atoms with Crippen LogP contribution in [0.15, 0.2) is 54.6 Å². The Morgan fingerprint density at radius 2 is 1.81 bits per heavy atom. The van der Waals surface area contributed by atoms with E-state index in [2.05, 4.69) is 22.3 Å². The van der Waals surface area contributed by atoms with Gasteiger partial charge in [-0.15, -0.1) is 0 Å². The minimum atomic E-state index is -0.555. The number of hydrogen-bond acceptors (Lipinski definition) is 4. The number of fused-ring (bicyclic) bond motifs is 1. The molecule has 3 aliphatic heterocycles. The van der Waals surface area contributed by atoms with Crippen molar-refractivity contribution in [2.24, 2.45) is 5.92 Å². The Hall–Kier alpha value is -2.70. The van der Waals surface area contributed by atoms with Crippen molar-refractivity contribution in [3.8, 4) is 0 Å². The van der Waals surface area contributed by atoms with Gasteiger partial charge in [0, 0.05) is 38.3 Å². The predicted molar refractivity (Wildman–Crippen MR) is 118 cm³/mol. The number of likely N-dealkylation sites (tertiary alicyclic amines) is 1. The summed E-state index contributed by atoms with van der Waals surface area (Å²) in [5, 5.41) is 3.34. The van der Waals surface area contributed by atoms with Gasteiger partial charge in [0.25, 0.3) is 5.91 Å². The van der Waals surface area contributed by atoms with Crippen LogP contribution >= 0.6 is 0 Å². The second kappa shape index (κ2) is 8.44. The van der Waals surface area contributed by atoms with E-state index in [1.165, 1.54) is 5.56 Å². The first-order valence-corrected chi connectivity index (χ1v) is 11.2. The lowest BCUT2D eigenvalue weighted by atomic mass is 9.81. The highest BCUT2D eigenvalue weighted by Crippen LogP contribution is 2.37. The lowest BCUT2D eigenvalue weighted by Gasteiger charge is -2.37. The standard InChI is InChI=1S/C25H29N3O3/c29-23-21-9-5-4-8-20(21)10-11-25(26-23)18-27(16-19-6-2-1-3-7-19)17-22(25)24(30)28-12-14-31-15-13-28/h1-9,22H,10-18H2,(H,26,29)/t22-,25+/m0/s1. The van der Waals surface area contributed by atoms with E-state index in [1.807, 2.05) is 47.4 Å². The molecule has 0 saturated carbocycles. The zero-order valence-corrected chi connectivity index (χ0v) is 17.8. The third kappa shape index (κ3) is 3.98. The molecule has 2 fully saturated rings. The third-order valence-electron chi connectivity index (χ3n) is 6.95. The molecule has 5 rings (SSSR count). The van der Waals surface area contributed by atoms with Crippen molar-refractivity contribution in [1.29, 1.82) is 0 Å². The summed E-state index contributed by atoms with van der Waals surface area (Å²) in [5.74, 6) is -0.174. The number of carbonyl (C=O) groups is 2. The molecule has 6 heteroatoms. The first kappa shape index (κ1) is 20.2. The van der Waals surface area contributed by atoms with Gasteiger partial charge in [-0.1, -0.05) is 48.5 Å². The maximum absolute atomic E-state index is 13.7. The van der Waals surface area contributed by atoms with Crippen molar-refractivity contribution in [2.75, 3.05) is 39.4 Å². The molecule has 6 nitrogen and oxygen atoms in total. The molecule has 0 aliphatic carbocycles. The summed E-state index contributed by atoms with van der Waals surface area (Å²) in [4.78, 5) is 31.1. The molecule has 0 aromatic heterocycles. The van der Waals surface area contributed by atoms with E-state index in [1.54, 1.807) is 0 Å². The van der Waals surface area contributed by atoms with Crippen LogP contribution in [0.2, 0.25) is 0 Å². The minimum absolute atomic E-state index is 0.0607. The van der Waals surface area contributed by atoms with Gasteiger partial charge < -0.3 is 15.0 Å². The molecular formula is C25H29N3O3. The Labute approximate surface area is 183 Å². The van der Waals surface area contributed by atoms with Crippen LogP contribution in [-0.4, -0.2) is 66.5 Å². The number of benzene rings is 2. The molecular weight excluding hydrogens is 390 g/mol. The average molecular weight is 420 g/mol. The van der Waals surface area contributed by atoms with Crippen molar-refractivity contribution in [1.82, 2.24) is 15.1 Å². The van der Waals surface area contributed by atoms with Crippen molar-refractivity contribution < 1.29 is 14.3 Å². The molecule has 1 spiro atoms. The van der Waals surface area contributed by atoms with Gasteiger partial charge in [0.1, 0.15) is 0 Å². The summed E-state index contributed by atoms with van der Waals surface area (Å²) in [6.45, 7) is 4.52. The Morgan fingerprint density at radius 3 is 2.61 bits per heavy atom. The molecule has 31 heavy (non-hydrogen) atoms. The Morgan fingerprint density at radius 1 is 1.06 bits per heavy atom. The second-order valence-electron chi connectivity index (χ2n) is 8.91. The Kier molecular flexibility index (Phi) is 5.50. The van der Waals surface area contributed by atoms with Gasteiger partial charge in [0.2, 0.25) is 5.91 Å². The van der Waals surface area contributed by atoms with Crippen LogP contribution < -0.4 is 5.32 Å². The predicted octanol–water partition coefficient (Wildman–Crippen LogP) is 2.09. The van der Waals surface area contributed by atoms with Crippen molar-refractivity contribution in [2.45, 2.75) is 24.9 Å². The number of rotatable bonds is 3. The monoisotopic (exact) mass is 419 g/mol. The highest BCUT2D eigenvalue weighted by atomic mass is 16.5. The van der Waals surface area contributed by atoms with Crippen LogP contribution in [0, 0.1) is 5.92 Å². The number of nitrogens with zero attached hydrogens (tertiary/aromatic N) is 2. The fourth-order valence-corrected chi connectivity index (χ4v) is 5.34. The van der Waals surface area contributed by atoms with Crippen LogP contribution in [0.25, 0.3) is 0 Å². The lowest BCUT2D eigenvalue weighted by Crippen LogP contribution is -2.58. The summed E-state index contributed by atoms with van der Waals surface area (Å²) in [5.41, 5.74) is 2.47. The maximum atomic E-state index is 13.7. The highest BCUT2D eigenvalue weighted by Gasteiger charge is 2.52. The van der Waals surface area contributed by atoms with E-state index in [9.17, 15) is 9.59 Å². The van der Waals surface area contributed by atoms with Gasteiger partial charge in [0.15, 0.2) is 0 Å². The fourth-order valence-electron chi connectivity index (χ4n) is 5.34. The molecule has 0 radical (unpaired) electrons. The van der Waals surface area contributed by atoms with Crippen molar-refractivity contribution >= 4 is 11.8 Å². The number of hydrogen-bond donors (Lipinski definition) is 1. The van der Waals surface area contributed by atoms with Crippen LogP contribution in [0.3, 0.4) is 0 Å². The summed E-state index contributed by atoms with van der Waals surface area (Å²) in [6, 6.07) is 18.1. The van der Waals surface area contributed by atoms with Gasteiger partial charge in [-0.3, -0.25) is 14.5 Å². The third-order valence-corrected chi connectivity index (χ3v) is 6.95. The largest absolute Gasteiger partial charge is 0.378 e. The first-order chi connectivity index (χ1) is 15.1. The molecule has 0 unspecified atom stereocenters. The van der Waals surface area contributed by atoms with Crippen molar-refractivity contribution in [3.05, 3.63) is 71.3 Å². The van der Waals surface area contributed by atoms with E-state index >= 15 is 0 Å². The summed E-state index contributed by atoms with van der Waals surface area (Å²) in [7, 11) is 0. The molecule has 3 heterocycles. The van der Waals surface area contributed by atoms with Gasteiger partial charge in [0.05, 0.1) is 24.7 Å². The molecule has 2 atom stereocenters. The van der Waals surface area contributed by atoms with Crippen LogP contribution in [-0.2, 0) is 22.5 Å². The van der Waals surface area contributed by atoms with E-state index in [0.717, 1.165) is 30.5 Å². The normalized spacial score (nSPS) is 26.4. The number of morpholine rings is 1. The number of amides is 2. The molecule has 1 N–H and O–H groups in total.